The zero-order valence-electron chi connectivity index (χ0n) is 14.4. The van der Waals surface area contributed by atoms with E-state index < -0.39 is 6.10 Å². The van der Waals surface area contributed by atoms with Crippen LogP contribution in [0.15, 0.2) is 12.3 Å². The molecular formula is C17H27N5O. The van der Waals surface area contributed by atoms with Gasteiger partial charge < -0.3 is 5.11 Å². The van der Waals surface area contributed by atoms with Crippen molar-refractivity contribution < 1.29 is 5.11 Å². The van der Waals surface area contributed by atoms with Crippen LogP contribution in [-0.2, 0) is 26.2 Å². The van der Waals surface area contributed by atoms with Crippen LogP contribution in [0.25, 0.3) is 0 Å². The van der Waals surface area contributed by atoms with E-state index in [4.69, 9.17) is 0 Å². The summed E-state index contributed by atoms with van der Waals surface area (Å²) in [6, 6.07) is 2.05. The fourth-order valence-corrected chi connectivity index (χ4v) is 3.17. The molecule has 6 heteroatoms. The molecule has 0 aromatic carbocycles. The van der Waals surface area contributed by atoms with Crippen molar-refractivity contribution in [3.8, 4) is 0 Å². The van der Waals surface area contributed by atoms with E-state index >= 15 is 0 Å². The van der Waals surface area contributed by atoms with Gasteiger partial charge in [0.2, 0.25) is 0 Å². The van der Waals surface area contributed by atoms with Gasteiger partial charge in [-0.15, -0.1) is 0 Å². The number of rotatable bonds is 6. The molecule has 1 unspecified atom stereocenters. The number of fused-ring (bicyclic) bond motifs is 1. The lowest BCUT2D eigenvalue weighted by Gasteiger charge is -2.27. The number of nitrogens with zero attached hydrogens (tertiary/aromatic N) is 5. The third-order valence-corrected chi connectivity index (χ3v) is 4.66. The van der Waals surface area contributed by atoms with Crippen LogP contribution in [0.4, 0.5) is 0 Å². The van der Waals surface area contributed by atoms with E-state index in [1.807, 2.05) is 23.9 Å². The van der Waals surface area contributed by atoms with Gasteiger partial charge in [-0.25, -0.2) is 0 Å². The summed E-state index contributed by atoms with van der Waals surface area (Å²) >= 11 is 0. The second-order valence-corrected chi connectivity index (χ2v) is 6.40. The fraction of sp³-hybridized carbons (Fsp3) is 0.647. The van der Waals surface area contributed by atoms with Gasteiger partial charge in [-0.05, 0) is 25.8 Å². The molecule has 6 nitrogen and oxygen atoms in total. The normalized spacial score (nSPS) is 16.5. The molecule has 2 aromatic heterocycles. The van der Waals surface area contributed by atoms with Crippen LogP contribution in [-0.4, -0.2) is 36.1 Å². The molecule has 3 heterocycles. The van der Waals surface area contributed by atoms with Gasteiger partial charge in [0, 0.05) is 37.4 Å². The van der Waals surface area contributed by atoms with Crippen molar-refractivity contribution in [3.63, 3.8) is 0 Å². The molecule has 3 rings (SSSR count). The van der Waals surface area contributed by atoms with E-state index in [-0.39, 0.29) is 0 Å². The lowest BCUT2D eigenvalue weighted by Crippen LogP contribution is -2.33. The lowest BCUT2D eigenvalue weighted by molar-refractivity contribution is 0.166. The minimum absolute atomic E-state index is 0.448. The monoisotopic (exact) mass is 317 g/mol. The average molecular weight is 317 g/mol. The molecule has 0 fully saturated rings. The fourth-order valence-electron chi connectivity index (χ4n) is 3.17. The van der Waals surface area contributed by atoms with Crippen LogP contribution in [0.5, 0.6) is 0 Å². The van der Waals surface area contributed by atoms with Gasteiger partial charge in [0.15, 0.2) is 0 Å². The van der Waals surface area contributed by atoms with Gasteiger partial charge in [-0.3, -0.25) is 14.3 Å². The standard InChI is InChI=1S/C17H27N5O/c1-4-6-21-13(3)14(10-18-21)11-20-7-8-22-15(12-20)9-16(19-22)17(23)5-2/h9-10,17,23H,4-8,11-12H2,1-3H3. The number of hydrogen-bond donors (Lipinski definition) is 1. The highest BCUT2D eigenvalue weighted by atomic mass is 16.3. The first-order chi connectivity index (χ1) is 11.1. The van der Waals surface area contributed by atoms with Crippen molar-refractivity contribution in [1.82, 2.24) is 24.5 Å². The summed E-state index contributed by atoms with van der Waals surface area (Å²) in [6.07, 6.45) is 3.36. The Kier molecular flexibility index (Phi) is 4.82. The number of aryl methyl sites for hydroxylation is 1. The Labute approximate surface area is 137 Å². The highest BCUT2D eigenvalue weighted by Crippen LogP contribution is 2.21. The third-order valence-electron chi connectivity index (χ3n) is 4.66. The van der Waals surface area contributed by atoms with Crippen molar-refractivity contribution in [1.29, 1.82) is 0 Å². The Balaban J connectivity index is 1.69. The third kappa shape index (κ3) is 3.33. The summed E-state index contributed by atoms with van der Waals surface area (Å²) in [5, 5.41) is 19.0. The van der Waals surface area contributed by atoms with Crippen LogP contribution in [0, 0.1) is 6.92 Å². The van der Waals surface area contributed by atoms with Gasteiger partial charge in [0.25, 0.3) is 0 Å². The van der Waals surface area contributed by atoms with Crippen molar-refractivity contribution in [2.45, 2.75) is 65.9 Å². The van der Waals surface area contributed by atoms with Gasteiger partial charge >= 0.3 is 0 Å². The Morgan fingerprint density at radius 2 is 2.13 bits per heavy atom. The molecule has 1 N–H and O–H groups in total. The molecule has 0 bridgehead atoms. The van der Waals surface area contributed by atoms with E-state index in [1.54, 1.807) is 0 Å². The van der Waals surface area contributed by atoms with Crippen molar-refractivity contribution in [2.75, 3.05) is 6.54 Å². The molecule has 23 heavy (non-hydrogen) atoms. The van der Waals surface area contributed by atoms with Crippen LogP contribution in [0.3, 0.4) is 0 Å². The van der Waals surface area contributed by atoms with Crippen LogP contribution in [0.2, 0.25) is 0 Å². The van der Waals surface area contributed by atoms with Crippen LogP contribution in [0.1, 0.15) is 55.4 Å². The first-order valence-corrected chi connectivity index (χ1v) is 8.60. The number of aliphatic hydroxyl groups excluding tert-OH is 1. The van der Waals surface area contributed by atoms with Crippen molar-refractivity contribution in [2.24, 2.45) is 0 Å². The zero-order valence-corrected chi connectivity index (χ0v) is 14.4. The van der Waals surface area contributed by atoms with Gasteiger partial charge in [-0.1, -0.05) is 13.8 Å². The molecule has 0 saturated heterocycles. The van der Waals surface area contributed by atoms with E-state index in [0.29, 0.717) is 6.42 Å². The Morgan fingerprint density at radius 3 is 2.87 bits per heavy atom. The largest absolute Gasteiger partial charge is 0.387 e. The average Bonchev–Trinajstić information content (AvgIpc) is 3.12. The van der Waals surface area contributed by atoms with Gasteiger partial charge in [0.05, 0.1) is 30.2 Å². The van der Waals surface area contributed by atoms with E-state index in [0.717, 1.165) is 44.8 Å². The molecule has 0 spiro atoms. The molecule has 1 atom stereocenters. The predicted octanol–water partition coefficient (Wildman–Crippen LogP) is 2.26. The second-order valence-electron chi connectivity index (χ2n) is 6.40. The number of aromatic nitrogens is 4. The molecule has 0 saturated carbocycles. The quantitative estimate of drug-likeness (QED) is 0.888. The summed E-state index contributed by atoms with van der Waals surface area (Å²) in [5.74, 6) is 0. The molecule has 0 amide bonds. The minimum Gasteiger partial charge on any atom is -0.387 e. The maximum absolute atomic E-state index is 9.97. The Hall–Kier alpha value is -1.66. The topological polar surface area (TPSA) is 59.1 Å². The SMILES string of the molecule is CCCn1ncc(CN2CCn3nc(C(O)CC)cc3C2)c1C. The smallest absolute Gasteiger partial charge is 0.0975 e. The minimum atomic E-state index is -0.448. The van der Waals surface area contributed by atoms with Gasteiger partial charge in [-0.2, -0.15) is 10.2 Å². The summed E-state index contributed by atoms with van der Waals surface area (Å²) in [4.78, 5) is 2.43. The van der Waals surface area contributed by atoms with E-state index in [2.05, 4.69) is 33.6 Å². The van der Waals surface area contributed by atoms with E-state index in [9.17, 15) is 5.11 Å². The van der Waals surface area contributed by atoms with Gasteiger partial charge in [0.1, 0.15) is 0 Å². The predicted molar refractivity (Wildman–Crippen MR) is 88.8 cm³/mol. The Bertz CT molecular complexity index is 660. The molecule has 1 aliphatic heterocycles. The number of hydrogen-bond acceptors (Lipinski definition) is 4. The van der Waals surface area contributed by atoms with Crippen molar-refractivity contribution >= 4 is 0 Å². The van der Waals surface area contributed by atoms with Crippen LogP contribution < -0.4 is 0 Å². The highest BCUT2D eigenvalue weighted by Gasteiger charge is 2.21. The zero-order chi connectivity index (χ0) is 16.4. The number of aliphatic hydroxyl groups is 1. The van der Waals surface area contributed by atoms with Crippen molar-refractivity contribution in [3.05, 3.63) is 34.9 Å². The summed E-state index contributed by atoms with van der Waals surface area (Å²) < 4.78 is 4.14. The summed E-state index contributed by atoms with van der Waals surface area (Å²) in [6.45, 7) is 11.0. The lowest BCUT2D eigenvalue weighted by atomic mass is 10.2. The highest BCUT2D eigenvalue weighted by molar-refractivity contribution is 5.18. The molecule has 0 radical (unpaired) electrons. The first-order valence-electron chi connectivity index (χ1n) is 8.60. The Morgan fingerprint density at radius 1 is 1.30 bits per heavy atom. The van der Waals surface area contributed by atoms with E-state index in [1.165, 1.54) is 17.0 Å². The summed E-state index contributed by atoms with van der Waals surface area (Å²) in [7, 11) is 0. The second kappa shape index (κ2) is 6.84. The molecule has 126 valence electrons. The molecular weight excluding hydrogens is 290 g/mol. The first kappa shape index (κ1) is 16.2. The van der Waals surface area contributed by atoms with Crippen LogP contribution >= 0.6 is 0 Å². The molecule has 1 aliphatic rings. The summed E-state index contributed by atoms with van der Waals surface area (Å²) in [5.41, 5.74) is 4.57. The molecule has 0 aliphatic carbocycles. The maximum atomic E-state index is 9.97. The maximum Gasteiger partial charge on any atom is 0.0975 e. The molecule has 2 aromatic rings.